The third kappa shape index (κ3) is 3.10. The van der Waals surface area contributed by atoms with E-state index in [0.29, 0.717) is 0 Å². The first-order chi connectivity index (χ1) is 10.3. The van der Waals surface area contributed by atoms with Gasteiger partial charge in [-0.1, -0.05) is 48.0 Å². The summed E-state index contributed by atoms with van der Waals surface area (Å²) < 4.78 is 0. The molecule has 2 aromatic carbocycles. The van der Waals surface area contributed by atoms with Gasteiger partial charge >= 0.3 is 0 Å². The Kier molecular flexibility index (Phi) is 3.95. The molecular formula is C18H19N3. The van der Waals surface area contributed by atoms with Crippen LogP contribution in [0.4, 0.5) is 0 Å². The summed E-state index contributed by atoms with van der Waals surface area (Å²) in [5.41, 5.74) is 7.55. The molecule has 0 aliphatic heterocycles. The zero-order chi connectivity index (χ0) is 14.7. The number of para-hydroxylation sites is 1. The van der Waals surface area contributed by atoms with Crippen LogP contribution in [-0.2, 0) is 6.42 Å². The average Bonchev–Trinajstić information content (AvgIpc) is 2.54. The molecule has 3 nitrogen and oxygen atoms in total. The van der Waals surface area contributed by atoms with Gasteiger partial charge in [0.25, 0.3) is 0 Å². The Morgan fingerprint density at radius 3 is 2.62 bits per heavy atom. The van der Waals surface area contributed by atoms with Gasteiger partial charge in [-0.05, 0) is 36.6 Å². The summed E-state index contributed by atoms with van der Waals surface area (Å²) in [4.78, 5) is 4.51. The molecule has 3 N–H and O–H groups in total. The van der Waals surface area contributed by atoms with E-state index in [1.54, 1.807) is 0 Å². The van der Waals surface area contributed by atoms with Gasteiger partial charge in [-0.15, -0.1) is 0 Å². The average molecular weight is 277 g/mol. The minimum atomic E-state index is 0.0600. The summed E-state index contributed by atoms with van der Waals surface area (Å²) in [7, 11) is 0. The third-order valence-corrected chi connectivity index (χ3v) is 3.78. The first kappa shape index (κ1) is 13.7. The van der Waals surface area contributed by atoms with Crippen molar-refractivity contribution in [2.24, 2.45) is 5.84 Å². The third-order valence-electron chi connectivity index (χ3n) is 3.78. The maximum absolute atomic E-state index is 5.75. The van der Waals surface area contributed by atoms with Crippen LogP contribution < -0.4 is 11.3 Å². The van der Waals surface area contributed by atoms with Crippen molar-refractivity contribution < 1.29 is 0 Å². The fourth-order valence-electron chi connectivity index (χ4n) is 2.51. The summed E-state index contributed by atoms with van der Waals surface area (Å²) in [6.45, 7) is 2.09. The summed E-state index contributed by atoms with van der Waals surface area (Å²) in [5.74, 6) is 5.75. The number of aromatic nitrogens is 1. The lowest BCUT2D eigenvalue weighted by molar-refractivity contribution is 0.551. The molecule has 0 fully saturated rings. The predicted molar refractivity (Wildman–Crippen MR) is 86.7 cm³/mol. The quantitative estimate of drug-likeness (QED) is 0.568. The van der Waals surface area contributed by atoms with Gasteiger partial charge in [0.05, 0.1) is 11.6 Å². The van der Waals surface area contributed by atoms with Gasteiger partial charge in [0.2, 0.25) is 0 Å². The lowest BCUT2D eigenvalue weighted by atomic mass is 9.99. The van der Waals surface area contributed by atoms with Crippen LogP contribution in [0.1, 0.15) is 22.7 Å². The number of hydrazine groups is 1. The molecule has 106 valence electrons. The number of fused-ring (bicyclic) bond motifs is 1. The number of hydrogen-bond acceptors (Lipinski definition) is 3. The minimum absolute atomic E-state index is 0.0600. The van der Waals surface area contributed by atoms with Crippen LogP contribution in [0.5, 0.6) is 0 Å². The van der Waals surface area contributed by atoms with Gasteiger partial charge < -0.3 is 0 Å². The monoisotopic (exact) mass is 277 g/mol. The zero-order valence-corrected chi connectivity index (χ0v) is 12.1. The number of hydrogen-bond donors (Lipinski definition) is 2. The van der Waals surface area contributed by atoms with Crippen molar-refractivity contribution in [2.75, 3.05) is 0 Å². The Bertz CT molecular complexity index is 735. The highest BCUT2D eigenvalue weighted by molar-refractivity contribution is 5.78. The van der Waals surface area contributed by atoms with Crippen molar-refractivity contribution in [1.82, 2.24) is 10.4 Å². The van der Waals surface area contributed by atoms with Crippen molar-refractivity contribution in [3.8, 4) is 0 Å². The van der Waals surface area contributed by atoms with Crippen molar-refractivity contribution in [2.45, 2.75) is 19.4 Å². The SMILES string of the molecule is Cc1ccc(CC(NN)c2cnc3ccccc3c2)cc1. The molecule has 1 heterocycles. The largest absolute Gasteiger partial charge is 0.271 e. The molecule has 0 saturated carbocycles. The maximum atomic E-state index is 5.75. The highest BCUT2D eigenvalue weighted by Gasteiger charge is 2.11. The van der Waals surface area contributed by atoms with Gasteiger partial charge in [0, 0.05) is 11.6 Å². The fraction of sp³-hybridized carbons (Fsp3) is 0.167. The first-order valence-electron chi connectivity index (χ1n) is 7.12. The summed E-state index contributed by atoms with van der Waals surface area (Å²) >= 11 is 0. The Morgan fingerprint density at radius 2 is 1.86 bits per heavy atom. The number of benzene rings is 2. The number of aryl methyl sites for hydroxylation is 1. The first-order valence-corrected chi connectivity index (χ1v) is 7.12. The van der Waals surface area contributed by atoms with Crippen LogP contribution in [0.3, 0.4) is 0 Å². The number of nitrogens with two attached hydrogens (primary N) is 1. The van der Waals surface area contributed by atoms with Gasteiger partial charge in [0.15, 0.2) is 0 Å². The van der Waals surface area contributed by atoms with E-state index in [4.69, 9.17) is 5.84 Å². The van der Waals surface area contributed by atoms with Crippen LogP contribution in [0.15, 0.2) is 60.8 Å². The highest BCUT2D eigenvalue weighted by atomic mass is 15.2. The molecule has 3 rings (SSSR count). The van der Waals surface area contributed by atoms with Gasteiger partial charge in [-0.3, -0.25) is 16.3 Å². The maximum Gasteiger partial charge on any atom is 0.0702 e. The second kappa shape index (κ2) is 6.04. The number of nitrogens with one attached hydrogen (secondary N) is 1. The summed E-state index contributed by atoms with van der Waals surface area (Å²) in [5, 5.41) is 1.14. The zero-order valence-electron chi connectivity index (χ0n) is 12.1. The number of pyridine rings is 1. The molecule has 0 radical (unpaired) electrons. The molecule has 1 unspecified atom stereocenters. The standard InChI is InChI=1S/C18H19N3/c1-13-6-8-14(9-7-13)10-18(21-19)16-11-15-4-2-3-5-17(15)20-12-16/h2-9,11-12,18,21H,10,19H2,1H3. The number of rotatable bonds is 4. The minimum Gasteiger partial charge on any atom is -0.271 e. The van der Waals surface area contributed by atoms with Crippen LogP contribution in [0.2, 0.25) is 0 Å². The van der Waals surface area contributed by atoms with Gasteiger partial charge in [-0.2, -0.15) is 0 Å². The fourth-order valence-corrected chi connectivity index (χ4v) is 2.51. The van der Waals surface area contributed by atoms with E-state index in [9.17, 15) is 0 Å². The molecule has 0 saturated heterocycles. The molecule has 0 spiro atoms. The van der Waals surface area contributed by atoms with Crippen molar-refractivity contribution in [3.05, 3.63) is 77.5 Å². The molecule has 1 aromatic heterocycles. The Balaban J connectivity index is 1.88. The second-order valence-electron chi connectivity index (χ2n) is 5.37. The molecule has 0 bridgehead atoms. The van der Waals surface area contributed by atoms with Crippen LogP contribution in [-0.4, -0.2) is 4.98 Å². The van der Waals surface area contributed by atoms with Crippen LogP contribution >= 0.6 is 0 Å². The van der Waals surface area contributed by atoms with E-state index in [2.05, 4.69) is 53.7 Å². The van der Waals surface area contributed by atoms with E-state index in [1.165, 1.54) is 11.1 Å². The lowest BCUT2D eigenvalue weighted by Crippen LogP contribution is -2.29. The topological polar surface area (TPSA) is 50.9 Å². The Hall–Kier alpha value is -2.23. The summed E-state index contributed by atoms with van der Waals surface area (Å²) in [6.07, 6.45) is 2.75. The van der Waals surface area contributed by atoms with Crippen LogP contribution in [0, 0.1) is 6.92 Å². The molecule has 3 aromatic rings. The molecular weight excluding hydrogens is 258 g/mol. The van der Waals surface area contributed by atoms with Crippen LogP contribution in [0.25, 0.3) is 10.9 Å². The van der Waals surface area contributed by atoms with E-state index in [1.807, 2.05) is 24.4 Å². The Morgan fingerprint density at radius 1 is 1.10 bits per heavy atom. The predicted octanol–water partition coefficient (Wildman–Crippen LogP) is 3.29. The lowest BCUT2D eigenvalue weighted by Gasteiger charge is -2.17. The molecule has 0 aliphatic carbocycles. The molecule has 0 aliphatic rings. The second-order valence-corrected chi connectivity index (χ2v) is 5.37. The van der Waals surface area contributed by atoms with Crippen molar-refractivity contribution in [1.29, 1.82) is 0 Å². The summed E-state index contributed by atoms with van der Waals surface area (Å²) in [6, 6.07) is 18.9. The Labute approximate surface area is 124 Å². The van der Waals surface area contributed by atoms with E-state index >= 15 is 0 Å². The van der Waals surface area contributed by atoms with E-state index < -0.39 is 0 Å². The van der Waals surface area contributed by atoms with Crippen molar-refractivity contribution in [3.63, 3.8) is 0 Å². The number of nitrogens with zero attached hydrogens (tertiary/aromatic N) is 1. The van der Waals surface area contributed by atoms with E-state index in [-0.39, 0.29) is 6.04 Å². The van der Waals surface area contributed by atoms with Crippen molar-refractivity contribution >= 4 is 10.9 Å². The van der Waals surface area contributed by atoms with Gasteiger partial charge in [-0.25, -0.2) is 0 Å². The molecule has 0 amide bonds. The molecule has 21 heavy (non-hydrogen) atoms. The smallest absolute Gasteiger partial charge is 0.0702 e. The normalized spacial score (nSPS) is 12.5. The molecule has 1 atom stereocenters. The van der Waals surface area contributed by atoms with E-state index in [0.717, 1.165) is 22.9 Å². The van der Waals surface area contributed by atoms with Gasteiger partial charge in [0.1, 0.15) is 0 Å². The highest BCUT2D eigenvalue weighted by Crippen LogP contribution is 2.21. The molecule has 3 heteroatoms.